The SMILES string of the molecule is CCOc1ccc(-c2c[nH]c3ncc(-c4ccc(N5CCN(C)CC5)cc4)cc23)cc1. The van der Waals surface area contributed by atoms with Gasteiger partial charge in [-0.05, 0) is 55.4 Å². The lowest BCUT2D eigenvalue weighted by Gasteiger charge is -2.34. The van der Waals surface area contributed by atoms with Gasteiger partial charge in [0.25, 0.3) is 0 Å². The minimum absolute atomic E-state index is 0.674. The van der Waals surface area contributed by atoms with Crippen LogP contribution in [0, 0.1) is 0 Å². The van der Waals surface area contributed by atoms with Crippen LogP contribution in [0.15, 0.2) is 67.0 Å². The lowest BCUT2D eigenvalue weighted by Crippen LogP contribution is -2.44. The number of hydrogen-bond donors (Lipinski definition) is 1. The van der Waals surface area contributed by atoms with Gasteiger partial charge < -0.3 is 19.5 Å². The summed E-state index contributed by atoms with van der Waals surface area (Å²) < 4.78 is 5.58. The molecule has 3 heterocycles. The van der Waals surface area contributed by atoms with Crippen molar-refractivity contribution < 1.29 is 4.74 Å². The second-order valence-corrected chi connectivity index (χ2v) is 8.12. The lowest BCUT2D eigenvalue weighted by atomic mass is 10.0. The molecule has 5 heteroatoms. The third-order valence-corrected chi connectivity index (χ3v) is 6.08. The number of hydrogen-bond acceptors (Lipinski definition) is 4. The zero-order valence-corrected chi connectivity index (χ0v) is 18.1. The fourth-order valence-corrected chi connectivity index (χ4v) is 4.23. The second-order valence-electron chi connectivity index (χ2n) is 8.12. The van der Waals surface area contributed by atoms with Crippen LogP contribution in [-0.4, -0.2) is 54.7 Å². The molecular weight excluding hydrogens is 384 g/mol. The number of H-pyrrole nitrogens is 1. The molecule has 2 aromatic heterocycles. The van der Waals surface area contributed by atoms with E-state index in [2.05, 4.69) is 69.3 Å². The Morgan fingerprint density at radius 1 is 0.903 bits per heavy atom. The molecule has 0 unspecified atom stereocenters. The summed E-state index contributed by atoms with van der Waals surface area (Å²) in [6.45, 7) is 7.07. The molecule has 1 aliphatic heterocycles. The van der Waals surface area contributed by atoms with Gasteiger partial charge in [-0.2, -0.15) is 0 Å². The number of aromatic nitrogens is 2. The van der Waals surface area contributed by atoms with Crippen molar-refractivity contribution in [1.29, 1.82) is 0 Å². The zero-order valence-electron chi connectivity index (χ0n) is 18.1. The minimum atomic E-state index is 0.674. The average Bonchev–Trinajstić information content (AvgIpc) is 3.24. The quantitative estimate of drug-likeness (QED) is 0.498. The molecule has 1 N–H and O–H groups in total. The molecule has 0 aliphatic carbocycles. The van der Waals surface area contributed by atoms with Gasteiger partial charge in [0.15, 0.2) is 0 Å². The molecule has 0 radical (unpaired) electrons. The zero-order chi connectivity index (χ0) is 21.2. The van der Waals surface area contributed by atoms with Crippen molar-refractivity contribution in [2.75, 3.05) is 44.7 Å². The number of piperazine rings is 1. The van der Waals surface area contributed by atoms with E-state index in [0.717, 1.165) is 59.7 Å². The lowest BCUT2D eigenvalue weighted by molar-refractivity contribution is 0.313. The highest BCUT2D eigenvalue weighted by Crippen LogP contribution is 2.32. The van der Waals surface area contributed by atoms with Crippen molar-refractivity contribution in [3.8, 4) is 28.0 Å². The van der Waals surface area contributed by atoms with Crippen molar-refractivity contribution >= 4 is 16.7 Å². The van der Waals surface area contributed by atoms with Gasteiger partial charge in [-0.3, -0.25) is 0 Å². The number of nitrogens with zero attached hydrogens (tertiary/aromatic N) is 3. The first-order chi connectivity index (χ1) is 15.2. The fraction of sp³-hybridized carbons (Fsp3) is 0.269. The Balaban J connectivity index is 1.42. The maximum atomic E-state index is 5.58. The highest BCUT2D eigenvalue weighted by molar-refractivity contribution is 5.95. The number of rotatable bonds is 5. The summed E-state index contributed by atoms with van der Waals surface area (Å²) in [5, 5.41) is 1.13. The van der Waals surface area contributed by atoms with Crippen LogP contribution in [0.2, 0.25) is 0 Å². The van der Waals surface area contributed by atoms with Crippen LogP contribution in [0.1, 0.15) is 6.92 Å². The molecule has 5 rings (SSSR count). The number of nitrogens with one attached hydrogen (secondary N) is 1. The maximum absolute atomic E-state index is 5.58. The molecule has 0 saturated carbocycles. The van der Waals surface area contributed by atoms with Crippen molar-refractivity contribution in [2.24, 2.45) is 0 Å². The summed E-state index contributed by atoms with van der Waals surface area (Å²) in [6.07, 6.45) is 3.99. The third kappa shape index (κ3) is 4.01. The van der Waals surface area contributed by atoms with Crippen molar-refractivity contribution in [2.45, 2.75) is 6.92 Å². The van der Waals surface area contributed by atoms with E-state index in [0.29, 0.717) is 6.61 Å². The topological polar surface area (TPSA) is 44.4 Å². The molecule has 0 spiro atoms. The van der Waals surface area contributed by atoms with Gasteiger partial charge in [-0.1, -0.05) is 24.3 Å². The molecular formula is C26H28N4O. The number of likely N-dealkylation sites (N-methyl/N-ethyl adjacent to an activating group) is 1. The highest BCUT2D eigenvalue weighted by Gasteiger charge is 2.14. The summed E-state index contributed by atoms with van der Waals surface area (Å²) in [5.41, 5.74) is 6.82. The van der Waals surface area contributed by atoms with Gasteiger partial charge in [-0.25, -0.2) is 4.98 Å². The summed E-state index contributed by atoms with van der Waals surface area (Å²) in [5.74, 6) is 0.894. The number of anilines is 1. The molecule has 158 valence electrons. The summed E-state index contributed by atoms with van der Waals surface area (Å²) in [7, 11) is 2.19. The first-order valence-corrected chi connectivity index (χ1v) is 11.0. The van der Waals surface area contributed by atoms with Crippen LogP contribution >= 0.6 is 0 Å². The predicted octanol–water partition coefficient (Wildman–Crippen LogP) is 5.05. The van der Waals surface area contributed by atoms with Crippen molar-refractivity contribution in [1.82, 2.24) is 14.9 Å². The molecule has 1 saturated heterocycles. The second kappa shape index (κ2) is 8.44. The molecule has 1 aliphatic rings. The number of pyridine rings is 1. The highest BCUT2D eigenvalue weighted by atomic mass is 16.5. The van der Waals surface area contributed by atoms with Gasteiger partial charge in [0.2, 0.25) is 0 Å². The molecule has 4 aromatic rings. The third-order valence-electron chi connectivity index (χ3n) is 6.08. The molecule has 2 aromatic carbocycles. The summed E-state index contributed by atoms with van der Waals surface area (Å²) in [4.78, 5) is 12.8. The summed E-state index contributed by atoms with van der Waals surface area (Å²) in [6, 6.07) is 19.4. The van der Waals surface area contributed by atoms with Crippen LogP contribution in [0.3, 0.4) is 0 Å². The van der Waals surface area contributed by atoms with E-state index in [1.54, 1.807) is 0 Å². The van der Waals surface area contributed by atoms with Crippen molar-refractivity contribution in [3.63, 3.8) is 0 Å². The van der Waals surface area contributed by atoms with E-state index in [1.807, 2.05) is 31.5 Å². The number of fused-ring (bicyclic) bond motifs is 1. The van der Waals surface area contributed by atoms with Crippen LogP contribution in [-0.2, 0) is 0 Å². The number of ether oxygens (including phenoxy) is 1. The monoisotopic (exact) mass is 412 g/mol. The Bertz CT molecular complexity index is 1160. The van der Waals surface area contributed by atoms with Gasteiger partial charge in [0, 0.05) is 60.8 Å². The molecule has 5 nitrogen and oxygen atoms in total. The first kappa shape index (κ1) is 19.6. The maximum Gasteiger partial charge on any atom is 0.137 e. The van der Waals surface area contributed by atoms with Crippen LogP contribution in [0.25, 0.3) is 33.3 Å². The van der Waals surface area contributed by atoms with Gasteiger partial charge in [0.1, 0.15) is 11.4 Å². The summed E-state index contributed by atoms with van der Waals surface area (Å²) >= 11 is 0. The number of aromatic amines is 1. The molecule has 0 amide bonds. The Morgan fingerprint density at radius 3 is 2.32 bits per heavy atom. The van der Waals surface area contributed by atoms with Gasteiger partial charge in [0.05, 0.1) is 6.61 Å². The fourth-order valence-electron chi connectivity index (χ4n) is 4.23. The predicted molar refractivity (Wildman–Crippen MR) is 128 cm³/mol. The molecule has 1 fully saturated rings. The molecule has 0 atom stereocenters. The smallest absolute Gasteiger partial charge is 0.137 e. The number of benzene rings is 2. The normalized spacial score (nSPS) is 14.8. The van der Waals surface area contributed by atoms with Crippen molar-refractivity contribution in [3.05, 3.63) is 67.0 Å². The average molecular weight is 413 g/mol. The van der Waals surface area contributed by atoms with E-state index in [-0.39, 0.29) is 0 Å². The molecule has 31 heavy (non-hydrogen) atoms. The van der Waals surface area contributed by atoms with E-state index < -0.39 is 0 Å². The van der Waals surface area contributed by atoms with Crippen LogP contribution in [0.4, 0.5) is 5.69 Å². The van der Waals surface area contributed by atoms with E-state index >= 15 is 0 Å². The van der Waals surface area contributed by atoms with Gasteiger partial charge in [-0.15, -0.1) is 0 Å². The largest absolute Gasteiger partial charge is 0.494 e. The van der Waals surface area contributed by atoms with E-state index in [1.165, 1.54) is 11.3 Å². The van der Waals surface area contributed by atoms with E-state index in [4.69, 9.17) is 4.74 Å². The Morgan fingerprint density at radius 2 is 1.61 bits per heavy atom. The Hall–Kier alpha value is -3.31. The van der Waals surface area contributed by atoms with Crippen LogP contribution in [0.5, 0.6) is 5.75 Å². The van der Waals surface area contributed by atoms with Gasteiger partial charge >= 0.3 is 0 Å². The van der Waals surface area contributed by atoms with E-state index in [9.17, 15) is 0 Å². The Kier molecular flexibility index (Phi) is 5.35. The first-order valence-electron chi connectivity index (χ1n) is 11.0. The standard InChI is InChI=1S/C26H28N4O/c1-3-31-23-10-6-20(7-11-23)25-18-28-26-24(25)16-21(17-27-26)19-4-8-22(9-5-19)30-14-12-29(2)13-15-30/h4-11,16-18H,3,12-15H2,1-2H3,(H,27,28). The minimum Gasteiger partial charge on any atom is -0.494 e. The van der Waals surface area contributed by atoms with Crippen LogP contribution < -0.4 is 9.64 Å². The Labute approximate surface area is 183 Å². The molecule has 0 bridgehead atoms.